The average Bonchev–Trinajstić information content (AvgIpc) is 2.89. The van der Waals surface area contributed by atoms with E-state index in [1.807, 2.05) is 41.9 Å². The van der Waals surface area contributed by atoms with E-state index in [1.165, 1.54) is 4.31 Å². The highest BCUT2D eigenvalue weighted by Gasteiger charge is 2.21. The minimum absolute atomic E-state index is 0.261. The zero-order valence-electron chi connectivity index (χ0n) is 12.5. The molecule has 3 rings (SSSR count). The molecule has 0 unspecified atom stereocenters. The molecule has 2 aromatic carbocycles. The number of hydrogen-bond donors (Lipinski definition) is 0. The molecular formula is C16H17N3O2S. The molecule has 0 spiro atoms. The third-order valence-electron chi connectivity index (χ3n) is 3.65. The first kappa shape index (κ1) is 14.7. The number of fused-ring (bicyclic) bond motifs is 1. The minimum atomic E-state index is -3.54. The predicted molar refractivity (Wildman–Crippen MR) is 85.8 cm³/mol. The van der Waals surface area contributed by atoms with Gasteiger partial charge in [0.2, 0.25) is 10.0 Å². The first-order chi connectivity index (χ1) is 10.5. The van der Waals surface area contributed by atoms with Crippen LogP contribution in [-0.4, -0.2) is 29.3 Å². The maximum Gasteiger partial charge on any atom is 0.243 e. The van der Waals surface area contributed by atoms with Crippen molar-refractivity contribution in [3.05, 3.63) is 60.4 Å². The summed E-state index contributed by atoms with van der Waals surface area (Å²) < 4.78 is 28.6. The molecule has 1 heterocycles. The van der Waals surface area contributed by atoms with Crippen LogP contribution in [0.15, 0.2) is 59.8 Å². The van der Waals surface area contributed by atoms with E-state index in [2.05, 4.69) is 4.98 Å². The fraction of sp³-hybridized carbons (Fsp3) is 0.188. The van der Waals surface area contributed by atoms with Crippen molar-refractivity contribution in [2.75, 3.05) is 7.05 Å². The second-order valence-electron chi connectivity index (χ2n) is 5.25. The van der Waals surface area contributed by atoms with Crippen LogP contribution < -0.4 is 0 Å². The third-order valence-corrected chi connectivity index (χ3v) is 5.45. The molecular weight excluding hydrogens is 298 g/mol. The Balaban J connectivity index is 1.93. The lowest BCUT2D eigenvalue weighted by molar-refractivity contribution is 0.467. The molecule has 0 N–H and O–H groups in total. The lowest BCUT2D eigenvalue weighted by atomic mass is 10.2. The normalized spacial score (nSPS) is 12.1. The number of hydrogen-bond acceptors (Lipinski definition) is 3. The van der Waals surface area contributed by atoms with Crippen molar-refractivity contribution in [1.29, 1.82) is 0 Å². The smallest absolute Gasteiger partial charge is 0.243 e. The monoisotopic (exact) mass is 315 g/mol. The Morgan fingerprint density at radius 2 is 1.86 bits per heavy atom. The fourth-order valence-electron chi connectivity index (χ4n) is 2.38. The Morgan fingerprint density at radius 3 is 2.59 bits per heavy atom. The molecule has 114 valence electrons. The van der Waals surface area contributed by atoms with Crippen LogP contribution in [-0.2, 0) is 23.6 Å². The first-order valence-electron chi connectivity index (χ1n) is 6.90. The molecule has 3 aromatic rings. The zero-order valence-corrected chi connectivity index (χ0v) is 13.3. The summed E-state index contributed by atoms with van der Waals surface area (Å²) in [6.45, 7) is 0.337. The van der Waals surface area contributed by atoms with Crippen LogP contribution in [0.1, 0.15) is 5.56 Å². The third kappa shape index (κ3) is 2.63. The molecule has 0 atom stereocenters. The van der Waals surface area contributed by atoms with E-state index in [9.17, 15) is 8.42 Å². The fourth-order valence-corrected chi connectivity index (χ4v) is 3.56. The predicted octanol–water partition coefficient (Wildman–Crippen LogP) is 2.39. The number of aromatic nitrogens is 2. The van der Waals surface area contributed by atoms with Gasteiger partial charge in [-0.05, 0) is 23.8 Å². The molecule has 0 fully saturated rings. The van der Waals surface area contributed by atoms with Gasteiger partial charge in [0.1, 0.15) is 0 Å². The molecule has 0 bridgehead atoms. The van der Waals surface area contributed by atoms with Gasteiger partial charge in [-0.25, -0.2) is 13.4 Å². The van der Waals surface area contributed by atoms with Gasteiger partial charge < -0.3 is 4.57 Å². The van der Waals surface area contributed by atoms with Gasteiger partial charge in [0.15, 0.2) is 0 Å². The molecule has 0 aliphatic rings. The largest absolute Gasteiger partial charge is 0.334 e. The zero-order chi connectivity index (χ0) is 15.7. The highest BCUT2D eigenvalue weighted by atomic mass is 32.2. The number of rotatable bonds is 4. The molecule has 0 radical (unpaired) electrons. The lowest BCUT2D eigenvalue weighted by Gasteiger charge is -2.17. The van der Waals surface area contributed by atoms with Gasteiger partial charge in [-0.15, -0.1) is 0 Å². The van der Waals surface area contributed by atoms with Crippen molar-refractivity contribution in [2.45, 2.75) is 11.4 Å². The SMILES string of the molecule is CN(Cc1ccccc1)S(=O)(=O)c1ccc2c(c1)ncn2C. The number of imidazole rings is 1. The van der Waals surface area contributed by atoms with Gasteiger partial charge in [-0.3, -0.25) is 0 Å². The Hall–Kier alpha value is -2.18. The second-order valence-corrected chi connectivity index (χ2v) is 7.30. The van der Waals surface area contributed by atoms with E-state index in [0.717, 1.165) is 11.1 Å². The maximum absolute atomic E-state index is 12.7. The van der Waals surface area contributed by atoms with E-state index in [-0.39, 0.29) is 4.90 Å². The lowest BCUT2D eigenvalue weighted by Crippen LogP contribution is -2.26. The summed E-state index contributed by atoms with van der Waals surface area (Å²) in [4.78, 5) is 4.48. The van der Waals surface area contributed by atoms with Gasteiger partial charge >= 0.3 is 0 Å². The molecule has 0 saturated carbocycles. The molecule has 0 saturated heterocycles. The van der Waals surface area contributed by atoms with E-state index in [1.54, 1.807) is 31.6 Å². The van der Waals surface area contributed by atoms with Crippen LogP contribution >= 0.6 is 0 Å². The maximum atomic E-state index is 12.7. The number of sulfonamides is 1. The Labute approximate surface area is 129 Å². The summed E-state index contributed by atoms with van der Waals surface area (Å²) in [6, 6.07) is 14.6. The summed E-state index contributed by atoms with van der Waals surface area (Å²) in [5, 5.41) is 0. The second kappa shape index (κ2) is 5.55. The van der Waals surface area contributed by atoms with Crippen molar-refractivity contribution >= 4 is 21.1 Å². The van der Waals surface area contributed by atoms with Gasteiger partial charge in [0.05, 0.1) is 22.3 Å². The highest BCUT2D eigenvalue weighted by molar-refractivity contribution is 7.89. The van der Waals surface area contributed by atoms with E-state index < -0.39 is 10.0 Å². The topological polar surface area (TPSA) is 55.2 Å². The molecule has 0 amide bonds. The van der Waals surface area contributed by atoms with Gasteiger partial charge in [0, 0.05) is 20.6 Å². The van der Waals surface area contributed by atoms with Crippen LogP contribution in [0.2, 0.25) is 0 Å². The molecule has 22 heavy (non-hydrogen) atoms. The summed E-state index contributed by atoms with van der Waals surface area (Å²) in [6.07, 6.45) is 1.68. The Kier molecular flexibility index (Phi) is 3.72. The van der Waals surface area contributed by atoms with Crippen LogP contribution in [0.4, 0.5) is 0 Å². The van der Waals surface area contributed by atoms with Crippen molar-refractivity contribution in [2.24, 2.45) is 7.05 Å². The van der Waals surface area contributed by atoms with Crippen molar-refractivity contribution in [1.82, 2.24) is 13.9 Å². The highest BCUT2D eigenvalue weighted by Crippen LogP contribution is 2.21. The van der Waals surface area contributed by atoms with Crippen LogP contribution in [0.25, 0.3) is 11.0 Å². The van der Waals surface area contributed by atoms with Crippen LogP contribution in [0.3, 0.4) is 0 Å². The van der Waals surface area contributed by atoms with Crippen LogP contribution in [0.5, 0.6) is 0 Å². The van der Waals surface area contributed by atoms with E-state index in [4.69, 9.17) is 0 Å². The molecule has 5 nitrogen and oxygen atoms in total. The van der Waals surface area contributed by atoms with Crippen molar-refractivity contribution in [3.8, 4) is 0 Å². The van der Waals surface area contributed by atoms with Crippen molar-refractivity contribution in [3.63, 3.8) is 0 Å². The van der Waals surface area contributed by atoms with Gasteiger partial charge in [-0.1, -0.05) is 30.3 Å². The number of aryl methyl sites for hydroxylation is 1. The molecule has 0 aliphatic heterocycles. The first-order valence-corrected chi connectivity index (χ1v) is 8.34. The molecule has 6 heteroatoms. The minimum Gasteiger partial charge on any atom is -0.334 e. The molecule has 0 aliphatic carbocycles. The van der Waals surface area contributed by atoms with E-state index >= 15 is 0 Å². The Morgan fingerprint density at radius 1 is 1.14 bits per heavy atom. The van der Waals surface area contributed by atoms with Gasteiger partial charge in [0.25, 0.3) is 0 Å². The number of nitrogens with zero attached hydrogens (tertiary/aromatic N) is 3. The average molecular weight is 315 g/mol. The van der Waals surface area contributed by atoms with Crippen molar-refractivity contribution < 1.29 is 8.42 Å². The number of benzene rings is 2. The Bertz CT molecular complexity index is 902. The summed E-state index contributed by atoms with van der Waals surface area (Å²) in [5.41, 5.74) is 2.54. The van der Waals surface area contributed by atoms with Gasteiger partial charge in [-0.2, -0.15) is 4.31 Å². The summed E-state index contributed by atoms with van der Waals surface area (Å²) >= 11 is 0. The quantitative estimate of drug-likeness (QED) is 0.743. The summed E-state index contributed by atoms with van der Waals surface area (Å²) in [7, 11) is -0.0671. The van der Waals surface area contributed by atoms with Crippen LogP contribution in [0, 0.1) is 0 Å². The molecule has 1 aromatic heterocycles. The van der Waals surface area contributed by atoms with E-state index in [0.29, 0.717) is 12.1 Å². The standard InChI is InChI=1S/C16H17N3O2S/c1-18-12-17-15-10-14(8-9-16(15)18)22(20,21)19(2)11-13-6-4-3-5-7-13/h3-10,12H,11H2,1-2H3. The summed E-state index contributed by atoms with van der Waals surface area (Å²) in [5.74, 6) is 0.